The maximum absolute atomic E-state index is 13.2. The molecule has 9 heteroatoms. The molecule has 1 aliphatic rings. The average Bonchev–Trinajstić information content (AvgIpc) is 3.31. The second-order valence-corrected chi connectivity index (χ2v) is 7.50. The van der Waals surface area contributed by atoms with Gasteiger partial charge in [0.25, 0.3) is 0 Å². The Labute approximate surface area is 167 Å². The minimum atomic E-state index is -0.199. The van der Waals surface area contributed by atoms with Crippen LogP contribution in [0.15, 0.2) is 37.2 Å². The van der Waals surface area contributed by atoms with E-state index in [1.807, 2.05) is 25.3 Å². The number of hydrogen-bond acceptors (Lipinski definition) is 7. The number of nitrogens with one attached hydrogen (secondary N) is 3. The van der Waals surface area contributed by atoms with Gasteiger partial charge in [0, 0.05) is 48.2 Å². The first-order valence-electron chi connectivity index (χ1n) is 9.55. The normalized spacial score (nSPS) is 19.0. The van der Waals surface area contributed by atoms with Gasteiger partial charge in [-0.15, -0.1) is 0 Å². The highest BCUT2D eigenvalue weighted by molar-refractivity contribution is 6.16. The third-order valence-corrected chi connectivity index (χ3v) is 5.16. The number of ketones is 1. The first-order chi connectivity index (χ1) is 14.0. The Morgan fingerprint density at radius 2 is 2.07 bits per heavy atom. The van der Waals surface area contributed by atoms with E-state index in [1.165, 1.54) is 18.7 Å². The molecule has 1 fully saturated rings. The Hall–Kier alpha value is -3.17. The molecule has 150 valence electrons. The lowest BCUT2D eigenvalue weighted by molar-refractivity contribution is -0.119. The quantitative estimate of drug-likeness (QED) is 0.565. The minimum Gasteiger partial charge on any atom is -0.329 e. The van der Waals surface area contributed by atoms with Gasteiger partial charge >= 0.3 is 0 Å². The van der Waals surface area contributed by atoms with Gasteiger partial charge < -0.3 is 9.88 Å². The second kappa shape index (κ2) is 7.69. The van der Waals surface area contributed by atoms with Gasteiger partial charge in [0.05, 0.1) is 23.4 Å². The summed E-state index contributed by atoms with van der Waals surface area (Å²) in [6.07, 6.45) is 7.96. The fourth-order valence-electron chi connectivity index (χ4n) is 3.51. The van der Waals surface area contributed by atoms with Crippen molar-refractivity contribution in [3.05, 3.63) is 48.3 Å². The molecule has 2 unspecified atom stereocenters. The fourth-order valence-corrected chi connectivity index (χ4v) is 3.51. The first kappa shape index (κ1) is 19.2. The number of nitrogens with zero attached hydrogens (tertiary/aromatic N) is 4. The zero-order chi connectivity index (χ0) is 20.5. The van der Waals surface area contributed by atoms with Crippen LogP contribution in [0.4, 0.5) is 5.69 Å². The van der Waals surface area contributed by atoms with Crippen LogP contribution in [-0.4, -0.2) is 43.8 Å². The summed E-state index contributed by atoms with van der Waals surface area (Å²) < 4.78 is 1.95. The van der Waals surface area contributed by atoms with Crippen molar-refractivity contribution in [2.45, 2.75) is 32.9 Å². The highest BCUT2D eigenvalue weighted by Crippen LogP contribution is 2.25. The van der Waals surface area contributed by atoms with Crippen LogP contribution >= 0.6 is 0 Å². The number of aromatic nitrogens is 4. The lowest BCUT2D eigenvalue weighted by atomic mass is 10.0. The molecule has 0 aliphatic carbocycles. The maximum atomic E-state index is 13.2. The molecule has 0 bridgehead atoms. The zero-order valence-electron chi connectivity index (χ0n) is 16.5. The van der Waals surface area contributed by atoms with Crippen molar-refractivity contribution >= 4 is 28.4 Å². The van der Waals surface area contributed by atoms with Crippen LogP contribution in [-0.2, 0) is 4.79 Å². The molecule has 9 nitrogen and oxygen atoms in total. The van der Waals surface area contributed by atoms with E-state index < -0.39 is 0 Å². The van der Waals surface area contributed by atoms with Crippen LogP contribution < -0.4 is 16.2 Å². The molecule has 0 radical (unpaired) electrons. The molecule has 1 amide bonds. The Bertz CT molecular complexity index is 1080. The van der Waals surface area contributed by atoms with Gasteiger partial charge in [-0.3, -0.25) is 25.4 Å². The number of anilines is 1. The van der Waals surface area contributed by atoms with Crippen molar-refractivity contribution in [2.75, 3.05) is 11.9 Å². The number of fused-ring (bicyclic) bond motifs is 1. The summed E-state index contributed by atoms with van der Waals surface area (Å²) in [5.41, 5.74) is 8.10. The summed E-state index contributed by atoms with van der Waals surface area (Å²) in [6.45, 7) is 6.55. The van der Waals surface area contributed by atoms with Crippen molar-refractivity contribution < 1.29 is 9.59 Å². The Morgan fingerprint density at radius 1 is 1.24 bits per heavy atom. The topological polar surface area (TPSA) is 114 Å². The summed E-state index contributed by atoms with van der Waals surface area (Å²) in [5, 5.41) is 3.55. The van der Waals surface area contributed by atoms with E-state index >= 15 is 0 Å². The third kappa shape index (κ3) is 3.62. The number of rotatable bonds is 5. The number of hydrogen-bond donors (Lipinski definition) is 3. The lowest BCUT2D eigenvalue weighted by Gasteiger charge is -2.14. The Kier molecular flexibility index (Phi) is 5.08. The molecular formula is C20H23N7O2. The molecule has 3 N–H and O–H groups in total. The van der Waals surface area contributed by atoms with E-state index in [-0.39, 0.29) is 29.7 Å². The molecule has 29 heavy (non-hydrogen) atoms. The molecule has 2 atom stereocenters. The van der Waals surface area contributed by atoms with Crippen molar-refractivity contribution in [2.24, 2.45) is 5.92 Å². The van der Waals surface area contributed by atoms with Crippen molar-refractivity contribution in [3.8, 4) is 0 Å². The highest BCUT2D eigenvalue weighted by atomic mass is 16.2. The molecule has 4 rings (SSSR count). The van der Waals surface area contributed by atoms with Gasteiger partial charge in [-0.25, -0.2) is 9.97 Å². The van der Waals surface area contributed by atoms with E-state index in [2.05, 4.69) is 31.1 Å². The van der Waals surface area contributed by atoms with Gasteiger partial charge in [0.2, 0.25) is 5.91 Å². The molecule has 0 saturated carbocycles. The minimum absolute atomic E-state index is 0.0231. The Morgan fingerprint density at radius 3 is 2.79 bits per heavy atom. The van der Waals surface area contributed by atoms with Gasteiger partial charge in [-0.1, -0.05) is 0 Å². The lowest BCUT2D eigenvalue weighted by Crippen LogP contribution is -2.33. The second-order valence-electron chi connectivity index (χ2n) is 7.50. The van der Waals surface area contributed by atoms with Gasteiger partial charge in [-0.2, -0.15) is 0 Å². The molecule has 0 spiro atoms. The summed E-state index contributed by atoms with van der Waals surface area (Å²) in [4.78, 5) is 38.2. The predicted molar refractivity (Wildman–Crippen MR) is 108 cm³/mol. The van der Waals surface area contributed by atoms with Crippen molar-refractivity contribution in [3.63, 3.8) is 0 Å². The zero-order valence-corrected chi connectivity index (χ0v) is 16.5. The molecule has 3 aromatic heterocycles. The number of amides is 1. The molecule has 1 saturated heterocycles. The number of hydrazine groups is 1. The Balaban J connectivity index is 1.63. The summed E-state index contributed by atoms with van der Waals surface area (Å²) in [5.74, 6) is -0.507. The van der Waals surface area contributed by atoms with E-state index in [9.17, 15) is 9.59 Å². The highest BCUT2D eigenvalue weighted by Gasteiger charge is 2.29. The standard InChI is InChI=1S/C20H23N7O2/c1-11(2)27-9-17(16-7-22-10-23-19(16)27)18(28)13-4-14(6-21-5-13)25-20(29)15-8-24-26-12(15)3/h4-7,9-12,15,24,26H,8H2,1-3H3,(H,25,29). The summed E-state index contributed by atoms with van der Waals surface area (Å²) in [6, 6.07) is 1.82. The molecule has 3 aromatic rings. The molecular weight excluding hydrogens is 370 g/mol. The monoisotopic (exact) mass is 393 g/mol. The van der Waals surface area contributed by atoms with Crippen molar-refractivity contribution in [1.29, 1.82) is 0 Å². The summed E-state index contributed by atoms with van der Waals surface area (Å²) in [7, 11) is 0. The third-order valence-electron chi connectivity index (χ3n) is 5.16. The number of pyridine rings is 1. The molecule has 1 aliphatic heterocycles. The van der Waals surface area contributed by atoms with E-state index in [0.29, 0.717) is 34.4 Å². The van der Waals surface area contributed by atoms with Gasteiger partial charge in [0.1, 0.15) is 12.0 Å². The van der Waals surface area contributed by atoms with Gasteiger partial charge in [-0.05, 0) is 26.8 Å². The van der Waals surface area contributed by atoms with Crippen LogP contribution in [0.3, 0.4) is 0 Å². The number of carbonyl (C=O) groups is 2. The van der Waals surface area contributed by atoms with Crippen LogP contribution in [0.1, 0.15) is 42.7 Å². The van der Waals surface area contributed by atoms with E-state index in [0.717, 1.165) is 0 Å². The van der Waals surface area contributed by atoms with Crippen LogP contribution in [0.5, 0.6) is 0 Å². The fraction of sp³-hybridized carbons (Fsp3) is 0.350. The number of carbonyl (C=O) groups excluding carboxylic acids is 2. The maximum Gasteiger partial charge on any atom is 0.230 e. The van der Waals surface area contributed by atoms with E-state index in [1.54, 1.807) is 18.5 Å². The van der Waals surface area contributed by atoms with E-state index in [4.69, 9.17) is 0 Å². The van der Waals surface area contributed by atoms with Gasteiger partial charge in [0.15, 0.2) is 5.78 Å². The van der Waals surface area contributed by atoms with Crippen LogP contribution in [0, 0.1) is 5.92 Å². The summed E-state index contributed by atoms with van der Waals surface area (Å²) >= 11 is 0. The van der Waals surface area contributed by atoms with Crippen molar-refractivity contribution in [1.82, 2.24) is 30.4 Å². The SMILES string of the molecule is CC1NNCC1C(=O)Nc1cncc(C(=O)c2cn(C(C)C)c3ncncc23)c1. The van der Waals surface area contributed by atoms with Crippen LogP contribution in [0.2, 0.25) is 0 Å². The smallest absolute Gasteiger partial charge is 0.230 e. The predicted octanol–water partition coefficient (Wildman–Crippen LogP) is 1.69. The molecule has 0 aromatic carbocycles. The first-order valence-corrected chi connectivity index (χ1v) is 9.55. The average molecular weight is 393 g/mol. The van der Waals surface area contributed by atoms with Crippen LogP contribution in [0.25, 0.3) is 11.0 Å². The molecule has 4 heterocycles. The largest absolute Gasteiger partial charge is 0.329 e.